The Balaban J connectivity index is 6.08. The average molecular weight is 674 g/mol. The van der Waals surface area contributed by atoms with Crippen molar-refractivity contribution in [1.82, 2.24) is 14.7 Å². The fourth-order valence-corrected chi connectivity index (χ4v) is 4.05. The molecule has 0 radical (unpaired) electrons. The first-order chi connectivity index (χ1) is 20.9. The second-order valence-electron chi connectivity index (χ2n) is 16.6. The lowest BCUT2D eigenvalue weighted by Crippen LogP contribution is -2.47. The van der Waals surface area contributed by atoms with Crippen LogP contribution in [0.25, 0.3) is 0 Å². The molecule has 0 bridgehead atoms. The van der Waals surface area contributed by atoms with E-state index in [1.165, 1.54) is 0 Å². The zero-order valence-corrected chi connectivity index (χ0v) is 31.8. The molecule has 0 N–H and O–H groups in total. The number of nitrogens with zero attached hydrogens (tertiary/aromatic N) is 3. The Kier molecular flexibility index (Phi) is 17.1. The predicted molar refractivity (Wildman–Crippen MR) is 179 cm³/mol. The number of hydrogen-bond acceptors (Lipinski definition) is 13. The molecule has 0 aromatic carbocycles. The topological polar surface area (TPSA) is 141 Å². The Hall–Kier alpha value is -2.77. The lowest BCUT2D eigenvalue weighted by atomic mass is 10.2. The third-order valence-corrected chi connectivity index (χ3v) is 5.33. The van der Waals surface area contributed by atoms with Crippen LogP contribution in [0.15, 0.2) is 0 Å². The van der Waals surface area contributed by atoms with Gasteiger partial charge < -0.3 is 23.7 Å². The van der Waals surface area contributed by atoms with Crippen LogP contribution in [-0.4, -0.2) is 131 Å². The summed E-state index contributed by atoms with van der Waals surface area (Å²) in [5.41, 5.74) is -3.60. The third-order valence-electron chi connectivity index (χ3n) is 5.33. The van der Waals surface area contributed by atoms with Crippen molar-refractivity contribution in [3.63, 3.8) is 0 Å². The Labute approximate surface area is 282 Å². The molecule has 0 saturated carbocycles. The molecule has 0 unspecified atom stereocenters. The van der Waals surface area contributed by atoms with Gasteiger partial charge in [-0.05, 0) is 104 Å². The van der Waals surface area contributed by atoms with E-state index >= 15 is 0 Å². The van der Waals surface area contributed by atoms with E-state index < -0.39 is 57.9 Å². The van der Waals surface area contributed by atoms with Crippen molar-refractivity contribution in [2.75, 3.05) is 58.9 Å². The van der Waals surface area contributed by atoms with Gasteiger partial charge in [0.05, 0.1) is 32.7 Å². The summed E-state index contributed by atoms with van der Waals surface area (Å²) >= 11 is 0. The van der Waals surface area contributed by atoms with E-state index in [1.807, 2.05) is 0 Å². The molecule has 0 amide bonds. The molecule has 0 aliphatic heterocycles. The molecule has 0 rings (SSSR count). The van der Waals surface area contributed by atoms with Crippen LogP contribution >= 0.6 is 0 Å². The van der Waals surface area contributed by atoms with E-state index in [4.69, 9.17) is 23.7 Å². The zero-order chi connectivity index (χ0) is 37.0. The Morgan fingerprint density at radius 1 is 0.319 bits per heavy atom. The minimum absolute atomic E-state index is 0.114. The summed E-state index contributed by atoms with van der Waals surface area (Å²) in [6, 6.07) is 0. The summed E-state index contributed by atoms with van der Waals surface area (Å²) < 4.78 is 27.5. The molecular weight excluding hydrogens is 610 g/mol. The van der Waals surface area contributed by atoms with Crippen LogP contribution in [0, 0.1) is 0 Å². The van der Waals surface area contributed by atoms with Gasteiger partial charge in [0.15, 0.2) is 0 Å². The van der Waals surface area contributed by atoms with Crippen LogP contribution in [0.2, 0.25) is 0 Å². The lowest BCUT2D eigenvalue weighted by molar-refractivity contribution is -0.162. The van der Waals surface area contributed by atoms with E-state index in [9.17, 15) is 24.0 Å². The van der Waals surface area contributed by atoms with E-state index in [0.717, 1.165) is 0 Å². The minimum atomic E-state index is -0.721. The molecular formula is C34H63N3O10. The largest absolute Gasteiger partial charge is 0.459 e. The van der Waals surface area contributed by atoms with Crippen molar-refractivity contribution in [3.05, 3.63) is 0 Å². The van der Waals surface area contributed by atoms with Crippen molar-refractivity contribution < 1.29 is 47.7 Å². The van der Waals surface area contributed by atoms with Crippen molar-refractivity contribution in [3.8, 4) is 0 Å². The highest BCUT2D eigenvalue weighted by atomic mass is 16.6. The van der Waals surface area contributed by atoms with Crippen LogP contribution in [-0.2, 0) is 47.7 Å². The van der Waals surface area contributed by atoms with Gasteiger partial charge in [0.1, 0.15) is 28.0 Å². The lowest BCUT2D eigenvalue weighted by Gasteiger charge is -2.31. The van der Waals surface area contributed by atoms with Crippen LogP contribution in [0.5, 0.6) is 0 Å². The maximum Gasteiger partial charge on any atom is 0.320 e. The number of carbonyl (C=O) groups is 5. The second-order valence-corrected chi connectivity index (χ2v) is 16.6. The molecule has 0 saturated heterocycles. The quantitative estimate of drug-likeness (QED) is 0.174. The molecule has 0 spiro atoms. The standard InChI is InChI=1S/C34H63N3O10/c1-30(2,3)43-25(38)20-35(16-18-36(21-26(39)44-31(4,5)6)22-27(40)45-32(7,8)9)17-19-37(23-28(41)46-33(10,11)12)24-29(42)47-34(13,14)15/h16-24H2,1-15H3. The average Bonchev–Trinajstić information content (AvgIpc) is 2.73. The SMILES string of the molecule is CC(C)(C)OC(=O)CN(CCN(CC(=O)OC(C)(C)C)CC(=O)OC(C)(C)C)CCN(CC(=O)OC(C)(C)C)CC(=O)OC(C)(C)C. The second kappa shape index (κ2) is 18.1. The van der Waals surface area contributed by atoms with Gasteiger partial charge in [-0.1, -0.05) is 0 Å². The Bertz CT molecular complexity index is 913. The number of rotatable bonds is 16. The van der Waals surface area contributed by atoms with Crippen LogP contribution < -0.4 is 0 Å². The summed E-state index contributed by atoms with van der Waals surface area (Å²) in [4.78, 5) is 68.8. The number of hydrogen-bond donors (Lipinski definition) is 0. The first-order valence-electron chi connectivity index (χ1n) is 16.2. The van der Waals surface area contributed by atoms with Gasteiger partial charge in [-0.3, -0.25) is 38.7 Å². The molecule has 0 atom stereocenters. The van der Waals surface area contributed by atoms with Crippen LogP contribution in [0.4, 0.5) is 0 Å². The van der Waals surface area contributed by atoms with Gasteiger partial charge in [0.25, 0.3) is 0 Å². The monoisotopic (exact) mass is 673 g/mol. The fourth-order valence-electron chi connectivity index (χ4n) is 4.05. The van der Waals surface area contributed by atoms with Gasteiger partial charge in [-0.15, -0.1) is 0 Å². The van der Waals surface area contributed by atoms with Gasteiger partial charge in [-0.25, -0.2) is 0 Å². The highest BCUT2D eigenvalue weighted by molar-refractivity contribution is 5.76. The summed E-state index contributed by atoms with van der Waals surface area (Å²) in [5.74, 6) is -2.53. The van der Waals surface area contributed by atoms with Gasteiger partial charge in [0, 0.05) is 26.2 Å². The number of esters is 5. The number of carbonyl (C=O) groups excluding carboxylic acids is 5. The normalized spacial score (nSPS) is 13.1. The maximum atomic E-state index is 12.9. The molecule has 13 nitrogen and oxygen atoms in total. The highest BCUT2D eigenvalue weighted by Gasteiger charge is 2.27. The zero-order valence-electron chi connectivity index (χ0n) is 31.8. The summed E-state index contributed by atoms with van der Waals surface area (Å²) in [6.45, 7) is 26.4. The summed E-state index contributed by atoms with van der Waals surface area (Å²) in [6.07, 6.45) is 0. The van der Waals surface area contributed by atoms with Gasteiger partial charge in [-0.2, -0.15) is 0 Å². The Morgan fingerprint density at radius 2 is 0.468 bits per heavy atom. The first-order valence-corrected chi connectivity index (χ1v) is 16.2. The molecule has 0 aromatic heterocycles. The predicted octanol–water partition coefficient (Wildman–Crippen LogP) is 3.60. The smallest absolute Gasteiger partial charge is 0.320 e. The highest BCUT2D eigenvalue weighted by Crippen LogP contribution is 2.13. The van der Waals surface area contributed by atoms with E-state index in [1.54, 1.807) is 119 Å². The summed E-state index contributed by atoms with van der Waals surface area (Å²) in [7, 11) is 0. The minimum Gasteiger partial charge on any atom is -0.459 e. The first kappa shape index (κ1) is 44.2. The van der Waals surface area contributed by atoms with Crippen molar-refractivity contribution in [1.29, 1.82) is 0 Å². The molecule has 0 aliphatic rings. The molecule has 13 heteroatoms. The molecule has 47 heavy (non-hydrogen) atoms. The van der Waals surface area contributed by atoms with Crippen LogP contribution in [0.1, 0.15) is 104 Å². The fraction of sp³-hybridized carbons (Fsp3) is 0.853. The van der Waals surface area contributed by atoms with E-state index in [0.29, 0.717) is 0 Å². The Morgan fingerprint density at radius 3 is 0.638 bits per heavy atom. The molecule has 0 aliphatic carbocycles. The van der Waals surface area contributed by atoms with Gasteiger partial charge in [0.2, 0.25) is 0 Å². The maximum absolute atomic E-state index is 12.9. The molecule has 0 fully saturated rings. The number of ether oxygens (including phenoxy) is 5. The molecule has 0 heterocycles. The van der Waals surface area contributed by atoms with Crippen molar-refractivity contribution in [2.45, 2.75) is 132 Å². The summed E-state index contributed by atoms with van der Waals surface area (Å²) in [5, 5.41) is 0. The van der Waals surface area contributed by atoms with Crippen molar-refractivity contribution >= 4 is 29.8 Å². The third kappa shape index (κ3) is 26.9. The van der Waals surface area contributed by atoms with E-state index in [-0.39, 0.29) is 58.9 Å². The van der Waals surface area contributed by atoms with E-state index in [2.05, 4.69) is 0 Å². The van der Waals surface area contributed by atoms with Gasteiger partial charge >= 0.3 is 29.8 Å². The van der Waals surface area contributed by atoms with Crippen molar-refractivity contribution in [2.24, 2.45) is 0 Å². The molecule has 0 aromatic rings. The molecule has 274 valence electrons. The van der Waals surface area contributed by atoms with Crippen LogP contribution in [0.3, 0.4) is 0 Å².